The zero-order valence-electron chi connectivity index (χ0n) is 12.1. The molecule has 0 unspecified atom stereocenters. The van der Waals surface area contributed by atoms with E-state index in [1.54, 1.807) is 13.2 Å². The molecule has 20 heavy (non-hydrogen) atoms. The zero-order valence-corrected chi connectivity index (χ0v) is 12.1. The van der Waals surface area contributed by atoms with Gasteiger partial charge in [0.1, 0.15) is 0 Å². The van der Waals surface area contributed by atoms with Gasteiger partial charge in [0.25, 0.3) is 0 Å². The maximum atomic E-state index is 12.2. The van der Waals surface area contributed by atoms with Gasteiger partial charge in [0.15, 0.2) is 0 Å². The van der Waals surface area contributed by atoms with Crippen molar-refractivity contribution >= 4 is 5.95 Å². The van der Waals surface area contributed by atoms with Crippen LogP contribution in [0.4, 0.5) is 19.1 Å². The van der Waals surface area contributed by atoms with E-state index in [2.05, 4.69) is 22.2 Å². The molecular formula is C13H21F3N4. The van der Waals surface area contributed by atoms with Crippen molar-refractivity contribution in [2.24, 2.45) is 0 Å². The van der Waals surface area contributed by atoms with Crippen molar-refractivity contribution in [1.82, 2.24) is 15.3 Å². The van der Waals surface area contributed by atoms with E-state index in [4.69, 9.17) is 0 Å². The average Bonchev–Trinajstić information content (AvgIpc) is 2.37. The second-order valence-corrected chi connectivity index (χ2v) is 4.74. The highest BCUT2D eigenvalue weighted by atomic mass is 19.4. The molecular weight excluding hydrogens is 269 g/mol. The topological polar surface area (TPSA) is 41.1 Å². The number of hydrogen-bond donors (Lipinski definition) is 1. The predicted molar refractivity (Wildman–Crippen MR) is 72.7 cm³/mol. The molecule has 114 valence electrons. The molecule has 0 aliphatic heterocycles. The van der Waals surface area contributed by atoms with E-state index in [9.17, 15) is 13.2 Å². The molecule has 0 aliphatic rings. The van der Waals surface area contributed by atoms with Crippen LogP contribution in [0.2, 0.25) is 0 Å². The SMILES string of the molecule is CCCNCc1cnc(N(C)CCC(F)(F)F)nc1C. The third kappa shape index (κ3) is 5.73. The third-order valence-electron chi connectivity index (χ3n) is 2.88. The Labute approximate surface area is 117 Å². The van der Waals surface area contributed by atoms with Gasteiger partial charge in [-0.1, -0.05) is 6.92 Å². The minimum absolute atomic E-state index is 0.142. The van der Waals surface area contributed by atoms with Crippen LogP contribution in [0.15, 0.2) is 6.20 Å². The molecule has 0 saturated carbocycles. The summed E-state index contributed by atoms with van der Waals surface area (Å²) >= 11 is 0. The molecule has 0 spiro atoms. The van der Waals surface area contributed by atoms with Crippen molar-refractivity contribution in [1.29, 1.82) is 0 Å². The Kier molecular flexibility index (Phi) is 6.19. The van der Waals surface area contributed by atoms with Gasteiger partial charge in [-0.15, -0.1) is 0 Å². The molecule has 1 aromatic heterocycles. The van der Waals surface area contributed by atoms with Crippen LogP contribution < -0.4 is 10.2 Å². The van der Waals surface area contributed by atoms with Crippen LogP contribution >= 0.6 is 0 Å². The second kappa shape index (κ2) is 7.42. The number of halogens is 3. The van der Waals surface area contributed by atoms with Crippen LogP contribution in [0.25, 0.3) is 0 Å². The van der Waals surface area contributed by atoms with Gasteiger partial charge in [0.05, 0.1) is 6.42 Å². The maximum Gasteiger partial charge on any atom is 0.390 e. The average molecular weight is 290 g/mol. The van der Waals surface area contributed by atoms with E-state index in [1.165, 1.54) is 4.90 Å². The number of hydrogen-bond acceptors (Lipinski definition) is 4. The molecule has 1 rings (SSSR count). The van der Waals surface area contributed by atoms with Crippen molar-refractivity contribution in [3.63, 3.8) is 0 Å². The maximum absolute atomic E-state index is 12.2. The lowest BCUT2D eigenvalue weighted by atomic mass is 10.2. The molecule has 1 N–H and O–H groups in total. The Bertz CT molecular complexity index is 421. The summed E-state index contributed by atoms with van der Waals surface area (Å²) in [4.78, 5) is 9.81. The zero-order chi connectivity index (χ0) is 15.2. The summed E-state index contributed by atoms with van der Waals surface area (Å²) in [5, 5.41) is 3.24. The number of aromatic nitrogens is 2. The Hall–Kier alpha value is -1.37. The molecule has 0 saturated heterocycles. The Morgan fingerprint density at radius 1 is 1.35 bits per heavy atom. The Morgan fingerprint density at radius 2 is 2.05 bits per heavy atom. The van der Waals surface area contributed by atoms with Gasteiger partial charge in [0, 0.05) is 37.6 Å². The van der Waals surface area contributed by atoms with E-state index in [-0.39, 0.29) is 6.54 Å². The number of nitrogens with one attached hydrogen (secondary N) is 1. The summed E-state index contributed by atoms with van der Waals surface area (Å²) in [5.74, 6) is 0.325. The molecule has 1 aromatic rings. The summed E-state index contributed by atoms with van der Waals surface area (Å²) in [6.45, 7) is 5.36. The number of nitrogens with zero attached hydrogens (tertiary/aromatic N) is 3. The highest BCUT2D eigenvalue weighted by Gasteiger charge is 2.27. The molecule has 0 radical (unpaired) electrons. The van der Waals surface area contributed by atoms with Crippen LogP contribution in [-0.2, 0) is 6.54 Å². The fourth-order valence-corrected chi connectivity index (χ4v) is 1.63. The van der Waals surface area contributed by atoms with Crippen molar-refractivity contribution in [3.05, 3.63) is 17.5 Å². The Balaban J connectivity index is 2.61. The van der Waals surface area contributed by atoms with Crippen molar-refractivity contribution in [2.45, 2.75) is 39.4 Å². The van der Waals surface area contributed by atoms with E-state index in [0.29, 0.717) is 12.5 Å². The summed E-state index contributed by atoms with van der Waals surface area (Å²) in [6, 6.07) is 0. The van der Waals surface area contributed by atoms with Crippen LogP contribution in [0.3, 0.4) is 0 Å². The lowest BCUT2D eigenvalue weighted by Gasteiger charge is -2.19. The van der Waals surface area contributed by atoms with E-state index < -0.39 is 12.6 Å². The molecule has 0 aliphatic carbocycles. The standard InChI is InChI=1S/C13H21F3N4/c1-4-6-17-8-11-9-18-12(19-10(11)2)20(3)7-5-13(14,15)16/h9,17H,4-8H2,1-3H3. The first-order chi connectivity index (χ1) is 9.33. The number of anilines is 1. The largest absolute Gasteiger partial charge is 0.390 e. The minimum atomic E-state index is -4.16. The van der Waals surface area contributed by atoms with E-state index in [0.717, 1.165) is 24.2 Å². The molecule has 4 nitrogen and oxygen atoms in total. The predicted octanol–water partition coefficient (Wildman–Crippen LogP) is 2.67. The van der Waals surface area contributed by atoms with Crippen LogP contribution in [0.5, 0.6) is 0 Å². The molecule has 0 amide bonds. The smallest absolute Gasteiger partial charge is 0.344 e. The molecule has 0 atom stereocenters. The fourth-order valence-electron chi connectivity index (χ4n) is 1.63. The van der Waals surface area contributed by atoms with Gasteiger partial charge >= 0.3 is 6.18 Å². The van der Waals surface area contributed by atoms with Gasteiger partial charge in [-0.2, -0.15) is 13.2 Å². The van der Waals surface area contributed by atoms with Crippen LogP contribution in [0.1, 0.15) is 31.0 Å². The first-order valence-corrected chi connectivity index (χ1v) is 6.64. The molecule has 7 heteroatoms. The Morgan fingerprint density at radius 3 is 2.60 bits per heavy atom. The van der Waals surface area contributed by atoms with Gasteiger partial charge in [-0.25, -0.2) is 9.97 Å². The third-order valence-corrected chi connectivity index (χ3v) is 2.88. The number of alkyl halides is 3. The van der Waals surface area contributed by atoms with Crippen LogP contribution in [-0.4, -0.2) is 36.3 Å². The highest BCUT2D eigenvalue weighted by Crippen LogP contribution is 2.20. The first-order valence-electron chi connectivity index (χ1n) is 6.64. The molecule has 1 heterocycles. The minimum Gasteiger partial charge on any atom is -0.344 e. The van der Waals surface area contributed by atoms with Crippen molar-refractivity contribution in [3.8, 4) is 0 Å². The number of aryl methyl sites for hydroxylation is 1. The monoisotopic (exact) mass is 290 g/mol. The normalized spacial score (nSPS) is 11.7. The summed E-state index contributed by atoms with van der Waals surface area (Å²) in [6.07, 6.45) is -2.32. The van der Waals surface area contributed by atoms with E-state index in [1.807, 2.05) is 6.92 Å². The molecule has 0 aromatic carbocycles. The van der Waals surface area contributed by atoms with Gasteiger partial charge in [-0.05, 0) is 19.9 Å². The summed E-state index contributed by atoms with van der Waals surface area (Å²) in [7, 11) is 1.56. The van der Waals surface area contributed by atoms with Crippen molar-refractivity contribution in [2.75, 3.05) is 25.0 Å². The van der Waals surface area contributed by atoms with E-state index >= 15 is 0 Å². The van der Waals surface area contributed by atoms with Gasteiger partial charge in [-0.3, -0.25) is 0 Å². The first kappa shape index (κ1) is 16.7. The quantitative estimate of drug-likeness (QED) is 0.784. The van der Waals surface area contributed by atoms with Crippen LogP contribution in [0, 0.1) is 6.92 Å². The van der Waals surface area contributed by atoms with Crippen molar-refractivity contribution < 1.29 is 13.2 Å². The summed E-state index contributed by atoms with van der Waals surface area (Å²) < 4.78 is 36.5. The molecule has 0 bridgehead atoms. The fraction of sp³-hybridized carbons (Fsp3) is 0.692. The second-order valence-electron chi connectivity index (χ2n) is 4.74. The molecule has 0 fully saturated rings. The van der Waals surface area contributed by atoms with Gasteiger partial charge in [0.2, 0.25) is 5.95 Å². The lowest BCUT2D eigenvalue weighted by Crippen LogP contribution is -2.26. The number of rotatable bonds is 7. The van der Waals surface area contributed by atoms with Gasteiger partial charge < -0.3 is 10.2 Å². The lowest BCUT2D eigenvalue weighted by molar-refractivity contribution is -0.132. The summed E-state index contributed by atoms with van der Waals surface area (Å²) in [5.41, 5.74) is 1.75. The highest BCUT2D eigenvalue weighted by molar-refractivity contribution is 5.31.